The molecule has 4 rings (SSSR count). The van der Waals surface area contributed by atoms with Crippen molar-refractivity contribution in [2.45, 2.75) is 32.5 Å². The molecule has 0 spiro atoms. The summed E-state index contributed by atoms with van der Waals surface area (Å²) in [7, 11) is 1.62. The maximum atomic E-state index is 13.1. The molecule has 2 amide bonds. The van der Waals surface area contributed by atoms with E-state index in [2.05, 4.69) is 5.32 Å². The van der Waals surface area contributed by atoms with E-state index in [9.17, 15) is 9.59 Å². The van der Waals surface area contributed by atoms with Gasteiger partial charge in [0.05, 0.1) is 19.6 Å². The number of aryl methyl sites for hydroxylation is 1. The number of carbonyl (C=O) groups is 2. The molecule has 5 nitrogen and oxygen atoms in total. The zero-order valence-corrected chi connectivity index (χ0v) is 17.8. The van der Waals surface area contributed by atoms with Crippen molar-refractivity contribution >= 4 is 11.8 Å². The number of methoxy groups -OCH3 is 1. The highest BCUT2D eigenvalue weighted by molar-refractivity contribution is 5.98. The lowest BCUT2D eigenvalue weighted by Gasteiger charge is -2.28. The Kier molecular flexibility index (Phi) is 6.03. The first-order valence-electron chi connectivity index (χ1n) is 10.4. The van der Waals surface area contributed by atoms with Gasteiger partial charge in [-0.25, -0.2) is 0 Å². The lowest BCUT2D eigenvalue weighted by molar-refractivity contribution is -0.122. The van der Waals surface area contributed by atoms with E-state index in [1.165, 1.54) is 0 Å². The van der Waals surface area contributed by atoms with E-state index in [0.717, 1.165) is 33.6 Å². The molecule has 1 heterocycles. The number of ether oxygens (including phenoxy) is 1. The molecule has 0 bridgehead atoms. The number of carbonyl (C=O) groups excluding carboxylic acids is 2. The van der Waals surface area contributed by atoms with Gasteiger partial charge in [0.2, 0.25) is 5.91 Å². The summed E-state index contributed by atoms with van der Waals surface area (Å²) in [5, 5.41) is 2.99. The average Bonchev–Trinajstić information content (AvgIpc) is 3.13. The van der Waals surface area contributed by atoms with Gasteiger partial charge in [0.15, 0.2) is 0 Å². The van der Waals surface area contributed by atoms with Crippen LogP contribution in [0.15, 0.2) is 72.8 Å². The smallest absolute Gasteiger partial charge is 0.255 e. The van der Waals surface area contributed by atoms with Crippen LogP contribution in [0.25, 0.3) is 0 Å². The molecule has 5 heteroatoms. The Morgan fingerprint density at radius 3 is 2.58 bits per heavy atom. The Labute approximate surface area is 182 Å². The van der Waals surface area contributed by atoms with E-state index in [4.69, 9.17) is 4.74 Å². The highest BCUT2D eigenvalue weighted by atomic mass is 16.5. The molecule has 0 aromatic heterocycles. The van der Waals surface area contributed by atoms with Crippen molar-refractivity contribution in [3.05, 3.63) is 101 Å². The van der Waals surface area contributed by atoms with Crippen molar-refractivity contribution < 1.29 is 14.3 Å². The number of hydrogen-bond acceptors (Lipinski definition) is 3. The van der Waals surface area contributed by atoms with Gasteiger partial charge in [0, 0.05) is 18.7 Å². The van der Waals surface area contributed by atoms with E-state index in [-0.39, 0.29) is 24.3 Å². The van der Waals surface area contributed by atoms with E-state index in [0.29, 0.717) is 13.1 Å². The first-order valence-corrected chi connectivity index (χ1v) is 10.4. The monoisotopic (exact) mass is 414 g/mol. The van der Waals surface area contributed by atoms with Crippen LogP contribution in [-0.4, -0.2) is 23.8 Å². The number of nitrogens with one attached hydrogen (secondary N) is 1. The molecule has 1 aliphatic heterocycles. The minimum atomic E-state index is -0.328. The fraction of sp³-hybridized carbons (Fsp3) is 0.231. The summed E-state index contributed by atoms with van der Waals surface area (Å²) in [5.41, 5.74) is 4.78. The summed E-state index contributed by atoms with van der Waals surface area (Å²) in [6.45, 7) is 2.94. The van der Waals surface area contributed by atoms with E-state index in [1.807, 2.05) is 79.7 Å². The Hall–Kier alpha value is -3.60. The Balaban J connectivity index is 1.52. The average molecular weight is 415 g/mol. The van der Waals surface area contributed by atoms with Gasteiger partial charge in [0.25, 0.3) is 5.91 Å². The second kappa shape index (κ2) is 9.04. The summed E-state index contributed by atoms with van der Waals surface area (Å²) in [6, 6.07) is 23.0. The molecule has 1 N–H and O–H groups in total. The molecule has 3 aromatic carbocycles. The number of amides is 2. The molecule has 0 fully saturated rings. The maximum absolute atomic E-state index is 13.1. The van der Waals surface area contributed by atoms with Gasteiger partial charge in [0.1, 0.15) is 5.75 Å². The van der Waals surface area contributed by atoms with Gasteiger partial charge in [-0.2, -0.15) is 0 Å². The Morgan fingerprint density at radius 1 is 1.06 bits per heavy atom. The van der Waals surface area contributed by atoms with Gasteiger partial charge < -0.3 is 15.0 Å². The molecule has 0 saturated heterocycles. The second-order valence-corrected chi connectivity index (χ2v) is 7.85. The van der Waals surface area contributed by atoms with Crippen molar-refractivity contribution in [2.75, 3.05) is 7.11 Å². The number of fused-ring (bicyclic) bond motifs is 1. The second-order valence-electron chi connectivity index (χ2n) is 7.85. The van der Waals surface area contributed by atoms with Gasteiger partial charge in [-0.3, -0.25) is 9.59 Å². The zero-order valence-electron chi connectivity index (χ0n) is 17.8. The van der Waals surface area contributed by atoms with Gasteiger partial charge >= 0.3 is 0 Å². The summed E-state index contributed by atoms with van der Waals surface area (Å²) in [5.74, 6) is 0.628. The molecule has 158 valence electrons. The normalized spacial score (nSPS) is 13.6. The van der Waals surface area contributed by atoms with E-state index < -0.39 is 0 Å². The highest BCUT2D eigenvalue weighted by Crippen LogP contribution is 2.33. The zero-order chi connectivity index (χ0) is 21.8. The number of hydrogen-bond donors (Lipinski definition) is 1. The van der Waals surface area contributed by atoms with Crippen molar-refractivity contribution in [2.24, 2.45) is 0 Å². The third-order valence-corrected chi connectivity index (χ3v) is 5.69. The molecule has 3 aromatic rings. The van der Waals surface area contributed by atoms with Crippen LogP contribution in [0.5, 0.6) is 5.75 Å². The van der Waals surface area contributed by atoms with Crippen LogP contribution < -0.4 is 10.1 Å². The number of benzene rings is 3. The van der Waals surface area contributed by atoms with Crippen molar-refractivity contribution in [3.8, 4) is 5.75 Å². The first-order chi connectivity index (χ1) is 15.0. The number of nitrogens with zero attached hydrogens (tertiary/aromatic N) is 1. The summed E-state index contributed by atoms with van der Waals surface area (Å²) in [6.07, 6.45) is 0.201. The molecule has 31 heavy (non-hydrogen) atoms. The molecule has 1 atom stereocenters. The van der Waals surface area contributed by atoms with Crippen molar-refractivity contribution in [1.82, 2.24) is 10.2 Å². The fourth-order valence-electron chi connectivity index (χ4n) is 3.96. The Morgan fingerprint density at radius 2 is 1.84 bits per heavy atom. The van der Waals surface area contributed by atoms with Crippen LogP contribution >= 0.6 is 0 Å². The van der Waals surface area contributed by atoms with Gasteiger partial charge in [-0.15, -0.1) is 0 Å². The van der Waals surface area contributed by atoms with Crippen LogP contribution in [0.4, 0.5) is 0 Å². The molecular formula is C26H26N2O3. The lowest BCUT2D eigenvalue weighted by Crippen LogP contribution is -2.34. The minimum Gasteiger partial charge on any atom is -0.497 e. The molecule has 0 unspecified atom stereocenters. The molecule has 0 aliphatic carbocycles. The minimum absolute atomic E-state index is 0.0261. The quantitative estimate of drug-likeness (QED) is 0.623. The van der Waals surface area contributed by atoms with Crippen molar-refractivity contribution in [3.63, 3.8) is 0 Å². The largest absolute Gasteiger partial charge is 0.497 e. The maximum Gasteiger partial charge on any atom is 0.255 e. The van der Waals surface area contributed by atoms with E-state index >= 15 is 0 Å². The number of rotatable bonds is 7. The Bertz CT molecular complexity index is 1090. The predicted octanol–water partition coefficient (Wildman–Crippen LogP) is 4.41. The SMILES string of the molecule is COc1cccc(CNC(=O)C[C@@H](c2ccc(C)cc2)N2Cc3ccccc3C2=O)c1. The summed E-state index contributed by atoms with van der Waals surface area (Å²) < 4.78 is 5.25. The lowest BCUT2D eigenvalue weighted by atomic mass is 10.00. The first kappa shape index (κ1) is 20.7. The van der Waals surface area contributed by atoms with Gasteiger partial charge in [-0.05, 0) is 41.8 Å². The third kappa shape index (κ3) is 4.61. The third-order valence-electron chi connectivity index (χ3n) is 5.69. The molecule has 1 aliphatic rings. The van der Waals surface area contributed by atoms with Crippen LogP contribution in [0.1, 0.15) is 45.1 Å². The fourth-order valence-corrected chi connectivity index (χ4v) is 3.96. The topological polar surface area (TPSA) is 58.6 Å². The van der Waals surface area contributed by atoms with Crippen LogP contribution in [-0.2, 0) is 17.9 Å². The van der Waals surface area contributed by atoms with Crippen LogP contribution in [0.3, 0.4) is 0 Å². The molecule has 0 saturated carbocycles. The molecule has 0 radical (unpaired) electrons. The van der Waals surface area contributed by atoms with Crippen LogP contribution in [0.2, 0.25) is 0 Å². The standard InChI is InChI=1S/C26H26N2O3/c1-18-10-12-20(13-11-18)24(28-17-21-7-3-4-9-23(21)26(28)30)15-25(29)27-16-19-6-5-8-22(14-19)31-2/h3-14,24H,15-17H2,1-2H3,(H,27,29)/t24-/m0/s1. The summed E-state index contributed by atoms with van der Waals surface area (Å²) in [4.78, 5) is 27.8. The van der Waals surface area contributed by atoms with Gasteiger partial charge in [-0.1, -0.05) is 60.2 Å². The molecular weight excluding hydrogens is 388 g/mol. The van der Waals surface area contributed by atoms with Crippen molar-refractivity contribution in [1.29, 1.82) is 0 Å². The van der Waals surface area contributed by atoms with E-state index in [1.54, 1.807) is 12.0 Å². The summed E-state index contributed by atoms with van der Waals surface area (Å²) >= 11 is 0. The predicted molar refractivity (Wildman–Crippen MR) is 120 cm³/mol. The van der Waals surface area contributed by atoms with Crippen LogP contribution in [0, 0.1) is 6.92 Å². The highest BCUT2D eigenvalue weighted by Gasteiger charge is 2.34.